The molecule has 0 bridgehead atoms. The minimum absolute atomic E-state index is 0.0823. The van der Waals surface area contributed by atoms with Crippen LogP contribution in [0.5, 0.6) is 0 Å². The molecule has 2 heterocycles. The Bertz CT molecular complexity index is 1420. The van der Waals surface area contributed by atoms with Gasteiger partial charge in [-0.15, -0.1) is 0 Å². The van der Waals surface area contributed by atoms with E-state index in [1.807, 2.05) is 0 Å². The summed E-state index contributed by atoms with van der Waals surface area (Å²) in [5.41, 5.74) is 1.98. The summed E-state index contributed by atoms with van der Waals surface area (Å²) in [6.45, 7) is 1.87. The summed E-state index contributed by atoms with van der Waals surface area (Å²) in [4.78, 5) is 46.3. The molecule has 4 rings (SSSR count). The highest BCUT2D eigenvalue weighted by Gasteiger charge is 2.21. The zero-order valence-electron chi connectivity index (χ0n) is 17.8. The number of aromatic amines is 1. The third-order valence-corrected chi connectivity index (χ3v) is 4.74. The number of hydrogen-bond acceptors (Lipinski definition) is 8. The first-order valence-electron chi connectivity index (χ1n) is 10.2. The van der Waals surface area contributed by atoms with Crippen molar-refractivity contribution >= 4 is 46.2 Å². The fourth-order valence-corrected chi connectivity index (χ4v) is 3.17. The van der Waals surface area contributed by atoms with Gasteiger partial charge in [0.25, 0.3) is 5.91 Å². The molecule has 0 aliphatic carbocycles. The molecular weight excluding hydrogens is 447 g/mol. The number of aromatic nitrogens is 3. The normalized spacial score (nSPS) is 10.8. The first kappa shape index (κ1) is 22.5. The molecule has 2 aromatic carbocycles. The topological polar surface area (TPSA) is 153 Å². The Morgan fingerprint density at radius 1 is 1.15 bits per heavy atom. The van der Waals surface area contributed by atoms with E-state index >= 15 is 0 Å². The summed E-state index contributed by atoms with van der Waals surface area (Å²) in [7, 11) is 0. The van der Waals surface area contributed by atoms with Crippen molar-refractivity contribution < 1.29 is 23.5 Å². The van der Waals surface area contributed by atoms with E-state index in [1.54, 1.807) is 37.3 Å². The van der Waals surface area contributed by atoms with Crippen LogP contribution in [0.3, 0.4) is 0 Å². The van der Waals surface area contributed by atoms with Crippen LogP contribution in [0.15, 0.2) is 57.9 Å². The van der Waals surface area contributed by atoms with Crippen LogP contribution in [0.25, 0.3) is 11.1 Å². The summed E-state index contributed by atoms with van der Waals surface area (Å²) in [6, 6.07) is 10.8. The number of carbonyl (C=O) groups excluding carboxylic acids is 1. The van der Waals surface area contributed by atoms with E-state index in [2.05, 4.69) is 25.6 Å². The highest BCUT2D eigenvalue weighted by atomic mass is 19.1. The summed E-state index contributed by atoms with van der Waals surface area (Å²) in [5, 5.41) is 14.9. The van der Waals surface area contributed by atoms with Crippen molar-refractivity contribution in [2.24, 2.45) is 0 Å². The molecule has 174 valence electrons. The van der Waals surface area contributed by atoms with Gasteiger partial charge in [0.2, 0.25) is 5.95 Å². The number of anilines is 4. The number of amides is 2. The second-order valence-corrected chi connectivity index (χ2v) is 7.18. The maximum atomic E-state index is 14.3. The Labute approximate surface area is 191 Å². The first-order chi connectivity index (χ1) is 16.3. The average Bonchev–Trinajstić information content (AvgIpc) is 3.19. The smallest absolute Gasteiger partial charge is 0.417 e. The number of nitrogens with zero attached hydrogens (tertiary/aromatic N) is 3. The van der Waals surface area contributed by atoms with Crippen LogP contribution in [0.2, 0.25) is 0 Å². The molecule has 34 heavy (non-hydrogen) atoms. The molecule has 0 fully saturated rings. The zero-order valence-corrected chi connectivity index (χ0v) is 17.8. The number of H-pyrrole nitrogens is 1. The Hall–Kier alpha value is -4.74. The molecule has 0 atom stereocenters. The maximum absolute atomic E-state index is 14.3. The minimum Gasteiger partial charge on any atom is -0.465 e. The molecule has 12 heteroatoms. The van der Waals surface area contributed by atoms with Crippen LogP contribution < -0.4 is 16.4 Å². The lowest BCUT2D eigenvalue weighted by Crippen LogP contribution is -2.36. The summed E-state index contributed by atoms with van der Waals surface area (Å²) in [6.07, 6.45) is 0.180. The summed E-state index contributed by atoms with van der Waals surface area (Å²) >= 11 is 0. The Morgan fingerprint density at radius 2 is 1.88 bits per heavy atom. The predicted molar refractivity (Wildman–Crippen MR) is 121 cm³/mol. The molecule has 0 aliphatic rings. The van der Waals surface area contributed by atoms with E-state index in [0.717, 1.165) is 11.1 Å². The molecule has 4 aromatic rings. The number of imide groups is 1. The van der Waals surface area contributed by atoms with E-state index in [-0.39, 0.29) is 23.9 Å². The Balaban J connectivity index is 1.49. The number of nitrogens with one attached hydrogen (secondary N) is 3. The molecule has 0 saturated heterocycles. The van der Waals surface area contributed by atoms with Gasteiger partial charge in [0.1, 0.15) is 0 Å². The summed E-state index contributed by atoms with van der Waals surface area (Å²) < 4.78 is 19.2. The van der Waals surface area contributed by atoms with Gasteiger partial charge in [0.05, 0.1) is 11.7 Å². The van der Waals surface area contributed by atoms with Gasteiger partial charge < -0.3 is 20.2 Å². The molecular formula is C22H19FN6O5. The van der Waals surface area contributed by atoms with Crippen LogP contribution in [0, 0.1) is 5.82 Å². The molecule has 0 spiro atoms. The lowest BCUT2D eigenvalue weighted by Gasteiger charge is -2.16. The van der Waals surface area contributed by atoms with Crippen molar-refractivity contribution in [2.75, 3.05) is 17.2 Å². The van der Waals surface area contributed by atoms with Gasteiger partial charge in [-0.25, -0.2) is 23.9 Å². The van der Waals surface area contributed by atoms with Crippen LogP contribution in [-0.2, 0) is 0 Å². The van der Waals surface area contributed by atoms with Gasteiger partial charge in [0, 0.05) is 23.5 Å². The SMILES string of the molecule is CCCN(C(=O)O)C(=O)c1ccc(Nc2ncc(F)c(Nc3ccc4oc(=O)[nH]c4c3)n2)cc1. The minimum atomic E-state index is -1.31. The van der Waals surface area contributed by atoms with Gasteiger partial charge in [-0.1, -0.05) is 6.92 Å². The van der Waals surface area contributed by atoms with Crippen molar-refractivity contribution in [1.29, 1.82) is 0 Å². The number of halogens is 1. The number of carboxylic acid groups (broad SMARTS) is 1. The average molecular weight is 466 g/mol. The molecule has 0 aliphatic heterocycles. The Morgan fingerprint density at radius 3 is 2.59 bits per heavy atom. The van der Waals surface area contributed by atoms with E-state index in [1.165, 1.54) is 12.1 Å². The molecule has 2 amide bonds. The van der Waals surface area contributed by atoms with Crippen LogP contribution >= 0.6 is 0 Å². The van der Waals surface area contributed by atoms with Gasteiger partial charge >= 0.3 is 11.8 Å². The second kappa shape index (κ2) is 9.40. The molecule has 4 N–H and O–H groups in total. The molecule has 0 unspecified atom stereocenters. The van der Waals surface area contributed by atoms with Gasteiger partial charge in [-0.2, -0.15) is 4.98 Å². The van der Waals surface area contributed by atoms with Gasteiger partial charge in [-0.05, 0) is 48.9 Å². The zero-order chi connectivity index (χ0) is 24.2. The van der Waals surface area contributed by atoms with Crippen molar-refractivity contribution in [3.8, 4) is 0 Å². The highest BCUT2D eigenvalue weighted by molar-refractivity contribution is 6.02. The van der Waals surface area contributed by atoms with Crippen molar-refractivity contribution in [3.63, 3.8) is 0 Å². The first-order valence-corrected chi connectivity index (χ1v) is 10.2. The highest BCUT2D eigenvalue weighted by Crippen LogP contribution is 2.23. The fourth-order valence-electron chi connectivity index (χ4n) is 3.17. The largest absolute Gasteiger partial charge is 0.465 e. The maximum Gasteiger partial charge on any atom is 0.417 e. The quantitative estimate of drug-likeness (QED) is 0.316. The molecule has 0 radical (unpaired) electrons. The third-order valence-electron chi connectivity index (χ3n) is 4.74. The van der Waals surface area contributed by atoms with Crippen molar-refractivity contribution in [2.45, 2.75) is 13.3 Å². The van der Waals surface area contributed by atoms with Crippen LogP contribution in [0.4, 0.5) is 32.3 Å². The number of hydrogen-bond donors (Lipinski definition) is 4. The molecule has 2 aromatic heterocycles. The fraction of sp³-hybridized carbons (Fsp3) is 0.136. The Kier molecular flexibility index (Phi) is 6.21. The van der Waals surface area contributed by atoms with Crippen molar-refractivity contribution in [3.05, 3.63) is 70.6 Å². The van der Waals surface area contributed by atoms with Gasteiger partial charge in [0.15, 0.2) is 17.2 Å². The predicted octanol–water partition coefficient (Wildman–Crippen LogP) is 4.07. The lowest BCUT2D eigenvalue weighted by atomic mass is 10.2. The van der Waals surface area contributed by atoms with Gasteiger partial charge in [-0.3, -0.25) is 9.78 Å². The lowest BCUT2D eigenvalue weighted by molar-refractivity contribution is 0.0742. The van der Waals surface area contributed by atoms with Crippen LogP contribution in [-0.4, -0.2) is 43.5 Å². The van der Waals surface area contributed by atoms with E-state index in [9.17, 15) is 23.9 Å². The number of benzene rings is 2. The van der Waals surface area contributed by atoms with E-state index < -0.39 is 23.6 Å². The third kappa shape index (κ3) is 4.85. The van der Waals surface area contributed by atoms with Crippen molar-refractivity contribution in [1.82, 2.24) is 19.9 Å². The van der Waals surface area contributed by atoms with Crippen LogP contribution in [0.1, 0.15) is 23.7 Å². The number of fused-ring (bicyclic) bond motifs is 1. The second-order valence-electron chi connectivity index (χ2n) is 7.18. The standard InChI is InChI=1S/C22H19FN6O5/c1-2-9-29(22(32)33)19(30)12-3-5-13(6-4-12)26-20-24-11-15(23)18(28-20)25-14-7-8-17-16(10-14)27-21(31)34-17/h3-8,10-11H,2,9H2,1H3,(H,27,31)(H,32,33)(H2,24,25,26,28). The molecule has 11 nitrogen and oxygen atoms in total. The van der Waals surface area contributed by atoms with E-state index in [0.29, 0.717) is 28.9 Å². The number of rotatable bonds is 7. The summed E-state index contributed by atoms with van der Waals surface area (Å²) in [5.74, 6) is -1.94. The molecule has 0 saturated carbocycles. The number of oxazole rings is 1. The van der Waals surface area contributed by atoms with E-state index in [4.69, 9.17) is 4.42 Å². The monoisotopic (exact) mass is 466 g/mol. The number of carbonyl (C=O) groups is 2.